The van der Waals surface area contributed by atoms with Crippen LogP contribution in [0.5, 0.6) is 0 Å². The number of rotatable bonds is 4. The van der Waals surface area contributed by atoms with E-state index in [0.717, 1.165) is 17.0 Å². The summed E-state index contributed by atoms with van der Waals surface area (Å²) < 4.78 is 6.47. The van der Waals surface area contributed by atoms with Crippen LogP contribution < -0.4 is 5.84 Å². The van der Waals surface area contributed by atoms with Crippen LogP contribution in [0.3, 0.4) is 0 Å². The number of nitrogens with two attached hydrogens (primary N) is 1. The monoisotopic (exact) mass is 321 g/mol. The van der Waals surface area contributed by atoms with E-state index in [-0.39, 0.29) is 0 Å². The number of halogens is 1. The molecule has 0 spiro atoms. The van der Waals surface area contributed by atoms with E-state index < -0.39 is 0 Å². The van der Waals surface area contributed by atoms with Crippen molar-refractivity contribution in [2.75, 3.05) is 5.84 Å². The zero-order valence-corrected chi connectivity index (χ0v) is 12.7. The van der Waals surface area contributed by atoms with E-state index in [1.165, 1.54) is 16.4 Å². The Morgan fingerprint density at radius 1 is 1.33 bits per heavy atom. The van der Waals surface area contributed by atoms with E-state index >= 15 is 0 Å². The molecule has 0 saturated carbocycles. The highest BCUT2D eigenvalue weighted by Gasteiger charge is 2.13. The van der Waals surface area contributed by atoms with Crippen LogP contribution in [0.2, 0.25) is 5.02 Å². The minimum absolute atomic E-state index is 0.566. The first-order valence-electron chi connectivity index (χ1n) is 6.15. The van der Waals surface area contributed by atoms with Gasteiger partial charge in [-0.1, -0.05) is 40.7 Å². The maximum absolute atomic E-state index is 6.04. The van der Waals surface area contributed by atoms with Gasteiger partial charge in [-0.3, -0.25) is 0 Å². The second-order valence-electron chi connectivity index (χ2n) is 4.40. The van der Waals surface area contributed by atoms with Gasteiger partial charge >= 0.3 is 0 Å². The molecule has 2 heterocycles. The van der Waals surface area contributed by atoms with E-state index in [0.29, 0.717) is 21.8 Å². The lowest BCUT2D eigenvalue weighted by molar-refractivity contribution is 0.393. The van der Waals surface area contributed by atoms with Gasteiger partial charge in [-0.15, -0.1) is 10.2 Å². The predicted octanol–water partition coefficient (Wildman–Crippen LogP) is 2.90. The lowest BCUT2D eigenvalue weighted by Crippen LogP contribution is -2.11. The summed E-state index contributed by atoms with van der Waals surface area (Å²) in [6.45, 7) is 1.85. The molecular weight excluding hydrogens is 310 g/mol. The van der Waals surface area contributed by atoms with Crippen molar-refractivity contribution in [1.29, 1.82) is 0 Å². The number of hydrogen-bond acceptors (Lipinski definition) is 6. The van der Waals surface area contributed by atoms with Crippen molar-refractivity contribution in [3.05, 3.63) is 46.8 Å². The third kappa shape index (κ3) is 3.03. The number of aryl methyl sites for hydroxylation is 1. The molecule has 0 aliphatic rings. The molecule has 1 aromatic carbocycles. The van der Waals surface area contributed by atoms with E-state index in [9.17, 15) is 0 Å². The molecule has 0 unspecified atom stereocenters. The second kappa shape index (κ2) is 5.79. The molecule has 0 fully saturated rings. The number of thioether (sulfide) groups is 1. The van der Waals surface area contributed by atoms with E-state index in [4.69, 9.17) is 22.0 Å². The summed E-state index contributed by atoms with van der Waals surface area (Å²) in [6.07, 6.45) is 0. The van der Waals surface area contributed by atoms with Crippen LogP contribution in [-0.4, -0.2) is 20.0 Å². The van der Waals surface area contributed by atoms with Crippen LogP contribution in [0, 0.1) is 6.92 Å². The van der Waals surface area contributed by atoms with E-state index in [1.54, 1.807) is 12.1 Å². The minimum atomic E-state index is 0.566. The van der Waals surface area contributed by atoms with Crippen molar-refractivity contribution >= 4 is 23.4 Å². The standard InChI is InChI=1S/C13H12ClN5OS/c1-8-5-11(18-20-8)7-21-13-17-16-12(19(13)15)9-3-2-4-10(14)6-9/h2-6H,7,15H2,1H3. The van der Waals surface area contributed by atoms with Crippen LogP contribution in [0.4, 0.5) is 0 Å². The van der Waals surface area contributed by atoms with Gasteiger partial charge in [0.2, 0.25) is 5.16 Å². The van der Waals surface area contributed by atoms with Gasteiger partial charge in [0.15, 0.2) is 5.82 Å². The molecule has 0 aliphatic carbocycles. The maximum Gasteiger partial charge on any atom is 0.210 e. The lowest BCUT2D eigenvalue weighted by Gasteiger charge is -2.03. The smallest absolute Gasteiger partial charge is 0.210 e. The summed E-state index contributed by atoms with van der Waals surface area (Å²) in [5, 5.41) is 13.4. The van der Waals surface area contributed by atoms with Gasteiger partial charge in [-0.2, -0.15) is 0 Å². The average molecular weight is 322 g/mol. The predicted molar refractivity (Wildman–Crippen MR) is 81.4 cm³/mol. The molecule has 21 heavy (non-hydrogen) atoms. The van der Waals surface area contributed by atoms with Crippen molar-refractivity contribution in [2.24, 2.45) is 0 Å². The van der Waals surface area contributed by atoms with Gasteiger partial charge in [-0.05, 0) is 19.1 Å². The largest absolute Gasteiger partial charge is 0.361 e. The summed E-state index contributed by atoms with van der Waals surface area (Å²) in [5.74, 6) is 8.00. The average Bonchev–Trinajstić information content (AvgIpc) is 3.03. The Morgan fingerprint density at radius 3 is 2.90 bits per heavy atom. The van der Waals surface area contributed by atoms with Crippen molar-refractivity contribution < 1.29 is 4.52 Å². The Bertz CT molecular complexity index is 770. The van der Waals surface area contributed by atoms with Gasteiger partial charge < -0.3 is 10.4 Å². The topological polar surface area (TPSA) is 82.8 Å². The molecule has 0 saturated heterocycles. The molecule has 6 nitrogen and oxygen atoms in total. The molecule has 0 atom stereocenters. The van der Waals surface area contributed by atoms with Crippen molar-refractivity contribution in [3.8, 4) is 11.4 Å². The first-order valence-corrected chi connectivity index (χ1v) is 7.51. The lowest BCUT2D eigenvalue weighted by atomic mass is 10.2. The molecule has 2 N–H and O–H groups in total. The van der Waals surface area contributed by atoms with Crippen molar-refractivity contribution in [1.82, 2.24) is 20.0 Å². The second-order valence-corrected chi connectivity index (χ2v) is 5.78. The molecule has 0 aliphatic heterocycles. The van der Waals surface area contributed by atoms with Gasteiger partial charge in [-0.25, -0.2) is 4.68 Å². The van der Waals surface area contributed by atoms with Crippen LogP contribution in [0.1, 0.15) is 11.5 Å². The number of nitrogens with zero attached hydrogens (tertiary/aromatic N) is 4. The van der Waals surface area contributed by atoms with Gasteiger partial charge in [0.1, 0.15) is 5.76 Å². The summed E-state index contributed by atoms with van der Waals surface area (Å²) in [5.41, 5.74) is 1.66. The number of aromatic nitrogens is 4. The Balaban J connectivity index is 1.79. The molecule has 3 aromatic rings. The normalized spacial score (nSPS) is 11.0. The highest BCUT2D eigenvalue weighted by Crippen LogP contribution is 2.25. The fourth-order valence-electron chi connectivity index (χ4n) is 1.82. The molecule has 108 valence electrons. The number of hydrogen-bond donors (Lipinski definition) is 1. The summed E-state index contributed by atoms with van der Waals surface area (Å²) in [6, 6.07) is 9.20. The fourth-order valence-corrected chi connectivity index (χ4v) is 2.75. The maximum atomic E-state index is 6.04. The molecular formula is C13H12ClN5OS. The molecule has 0 bridgehead atoms. The number of benzene rings is 1. The van der Waals surface area contributed by atoms with Crippen LogP contribution in [-0.2, 0) is 5.75 Å². The molecule has 0 amide bonds. The summed E-state index contributed by atoms with van der Waals surface area (Å²) in [7, 11) is 0. The van der Waals surface area contributed by atoms with Crippen molar-refractivity contribution in [3.63, 3.8) is 0 Å². The zero-order chi connectivity index (χ0) is 14.8. The zero-order valence-electron chi connectivity index (χ0n) is 11.2. The Morgan fingerprint density at radius 2 is 2.19 bits per heavy atom. The van der Waals surface area contributed by atoms with Gasteiger partial charge in [0, 0.05) is 22.4 Å². The first-order chi connectivity index (χ1) is 10.1. The first kappa shape index (κ1) is 14.0. The highest BCUT2D eigenvalue weighted by molar-refractivity contribution is 7.98. The number of nitrogen functional groups attached to an aromatic ring is 1. The summed E-state index contributed by atoms with van der Waals surface area (Å²) >= 11 is 7.42. The van der Waals surface area contributed by atoms with E-state index in [2.05, 4.69) is 15.4 Å². The van der Waals surface area contributed by atoms with Crippen LogP contribution >= 0.6 is 23.4 Å². The molecule has 3 rings (SSSR count). The molecule has 0 radical (unpaired) electrons. The van der Waals surface area contributed by atoms with E-state index in [1.807, 2.05) is 25.1 Å². The van der Waals surface area contributed by atoms with Gasteiger partial charge in [0.25, 0.3) is 0 Å². The van der Waals surface area contributed by atoms with Gasteiger partial charge in [0.05, 0.1) is 5.69 Å². The molecule has 2 aromatic heterocycles. The Hall–Kier alpha value is -1.99. The Labute approximate surface area is 130 Å². The van der Waals surface area contributed by atoms with Crippen LogP contribution in [0.15, 0.2) is 40.0 Å². The fraction of sp³-hybridized carbons (Fsp3) is 0.154. The third-order valence-electron chi connectivity index (χ3n) is 2.77. The SMILES string of the molecule is Cc1cc(CSc2nnc(-c3cccc(Cl)c3)n2N)no1. The third-order valence-corrected chi connectivity index (χ3v) is 3.99. The Kier molecular flexibility index (Phi) is 3.85. The highest BCUT2D eigenvalue weighted by atomic mass is 35.5. The van der Waals surface area contributed by atoms with Crippen molar-refractivity contribution in [2.45, 2.75) is 17.8 Å². The minimum Gasteiger partial charge on any atom is -0.361 e. The van der Waals surface area contributed by atoms with Crippen LogP contribution in [0.25, 0.3) is 11.4 Å². The summed E-state index contributed by atoms with van der Waals surface area (Å²) in [4.78, 5) is 0. The quantitative estimate of drug-likeness (QED) is 0.587. The molecule has 8 heteroatoms.